The lowest BCUT2D eigenvalue weighted by atomic mass is 9.77. The molecule has 1 aromatic heterocycles. The Labute approximate surface area is 101 Å². The third kappa shape index (κ3) is 2.71. The summed E-state index contributed by atoms with van der Waals surface area (Å²) >= 11 is 1.44. The topological polar surface area (TPSA) is 49.8 Å². The summed E-state index contributed by atoms with van der Waals surface area (Å²) < 4.78 is 4.16. The van der Waals surface area contributed by atoms with E-state index in [-0.39, 0.29) is 0 Å². The van der Waals surface area contributed by atoms with Gasteiger partial charge in [0.1, 0.15) is 5.82 Å². The maximum Gasteiger partial charge on any atom is 0.202 e. The number of hydrogen-bond acceptors (Lipinski definition) is 5. The molecule has 5 heteroatoms. The predicted molar refractivity (Wildman–Crippen MR) is 67.9 cm³/mol. The molecular weight excluding hydrogens is 220 g/mol. The van der Waals surface area contributed by atoms with Gasteiger partial charge in [-0.05, 0) is 31.7 Å². The average Bonchev–Trinajstić information content (AvgIpc) is 2.62. The highest BCUT2D eigenvalue weighted by atomic mass is 32.1. The molecule has 0 aromatic carbocycles. The minimum absolute atomic E-state index is 0.366. The van der Waals surface area contributed by atoms with Crippen molar-refractivity contribution in [1.29, 1.82) is 0 Å². The number of aryl methyl sites for hydroxylation is 1. The summed E-state index contributed by atoms with van der Waals surface area (Å²) in [6, 6.07) is 0.519. The summed E-state index contributed by atoms with van der Waals surface area (Å²) in [4.78, 5) is 4.31. The molecule has 0 spiro atoms. The first-order valence-corrected chi connectivity index (χ1v) is 6.63. The molecule has 1 aromatic rings. The highest BCUT2D eigenvalue weighted by Crippen LogP contribution is 2.30. The molecule has 1 saturated heterocycles. The van der Waals surface area contributed by atoms with Crippen molar-refractivity contribution in [1.82, 2.24) is 14.7 Å². The Hall–Kier alpha value is -0.680. The van der Waals surface area contributed by atoms with Gasteiger partial charge in [-0.2, -0.15) is 4.37 Å². The van der Waals surface area contributed by atoms with E-state index < -0.39 is 0 Å². The molecule has 2 N–H and O–H groups in total. The van der Waals surface area contributed by atoms with Gasteiger partial charge in [0.2, 0.25) is 5.13 Å². The summed E-state index contributed by atoms with van der Waals surface area (Å²) in [6.45, 7) is 8.64. The van der Waals surface area contributed by atoms with Gasteiger partial charge >= 0.3 is 0 Å². The van der Waals surface area contributed by atoms with Gasteiger partial charge in [0.15, 0.2) is 0 Å². The molecule has 4 nitrogen and oxygen atoms in total. The third-order valence-corrected chi connectivity index (χ3v) is 4.08. The molecule has 0 aliphatic carbocycles. The van der Waals surface area contributed by atoms with Gasteiger partial charge < -0.3 is 10.6 Å². The lowest BCUT2D eigenvalue weighted by Gasteiger charge is -2.39. The second-order valence-corrected chi connectivity index (χ2v) is 5.88. The van der Waals surface area contributed by atoms with Crippen molar-refractivity contribution in [3.05, 3.63) is 5.82 Å². The van der Waals surface area contributed by atoms with Gasteiger partial charge in [0.05, 0.1) is 0 Å². The number of aromatic nitrogens is 2. The highest BCUT2D eigenvalue weighted by Gasteiger charge is 2.31. The van der Waals surface area contributed by atoms with Gasteiger partial charge in [-0.3, -0.25) is 0 Å². The fourth-order valence-corrected chi connectivity index (χ4v) is 2.76. The van der Waals surface area contributed by atoms with Gasteiger partial charge in [-0.15, -0.1) is 0 Å². The number of nitrogens with zero attached hydrogens (tertiary/aromatic N) is 2. The molecule has 1 unspecified atom stereocenters. The monoisotopic (exact) mass is 240 g/mol. The van der Waals surface area contributed by atoms with E-state index in [0.29, 0.717) is 11.5 Å². The lowest BCUT2D eigenvalue weighted by molar-refractivity contribution is 0.188. The van der Waals surface area contributed by atoms with Crippen LogP contribution in [-0.2, 0) is 0 Å². The molecule has 90 valence electrons. The standard InChI is InChI=1S/C11H20N4S/c1-8-14-10(16-15-8)13-7-9-11(2,3)5-4-6-12-9/h9,12H,4-7H2,1-3H3,(H,13,14,15). The zero-order chi connectivity index (χ0) is 11.6. The molecular formula is C11H20N4S. The van der Waals surface area contributed by atoms with Gasteiger partial charge in [-0.25, -0.2) is 4.98 Å². The average molecular weight is 240 g/mol. The Balaban J connectivity index is 1.89. The number of anilines is 1. The Morgan fingerprint density at radius 1 is 1.56 bits per heavy atom. The molecule has 1 fully saturated rings. The van der Waals surface area contributed by atoms with E-state index in [4.69, 9.17) is 0 Å². The number of hydrogen-bond donors (Lipinski definition) is 2. The quantitative estimate of drug-likeness (QED) is 0.849. The van der Waals surface area contributed by atoms with E-state index in [1.165, 1.54) is 24.4 Å². The number of piperidine rings is 1. The largest absolute Gasteiger partial charge is 0.359 e. The van der Waals surface area contributed by atoms with Crippen molar-refractivity contribution in [2.45, 2.75) is 39.7 Å². The van der Waals surface area contributed by atoms with E-state index in [0.717, 1.165) is 24.0 Å². The Morgan fingerprint density at radius 3 is 3.00 bits per heavy atom. The normalized spacial score (nSPS) is 24.3. The summed E-state index contributed by atoms with van der Waals surface area (Å²) in [5, 5.41) is 7.88. The molecule has 2 rings (SSSR count). The molecule has 16 heavy (non-hydrogen) atoms. The molecule has 0 bridgehead atoms. The van der Waals surface area contributed by atoms with Crippen molar-refractivity contribution in [2.75, 3.05) is 18.4 Å². The summed E-state index contributed by atoms with van der Waals surface area (Å²) in [6.07, 6.45) is 2.57. The van der Waals surface area contributed by atoms with Crippen LogP contribution in [0.25, 0.3) is 0 Å². The molecule has 1 aliphatic rings. The molecule has 0 radical (unpaired) electrons. The van der Waals surface area contributed by atoms with Crippen LogP contribution in [0.2, 0.25) is 0 Å². The van der Waals surface area contributed by atoms with Crippen LogP contribution in [0.15, 0.2) is 0 Å². The maximum atomic E-state index is 4.31. The predicted octanol–water partition coefficient (Wildman–Crippen LogP) is 2.04. The van der Waals surface area contributed by atoms with Crippen molar-refractivity contribution < 1.29 is 0 Å². The van der Waals surface area contributed by atoms with E-state index in [2.05, 4.69) is 33.8 Å². The Bertz CT molecular complexity index is 348. The zero-order valence-corrected chi connectivity index (χ0v) is 11.0. The second-order valence-electron chi connectivity index (χ2n) is 5.13. The van der Waals surface area contributed by atoms with E-state index in [1.54, 1.807) is 0 Å². The Kier molecular flexibility index (Phi) is 3.44. The summed E-state index contributed by atoms with van der Waals surface area (Å²) in [5.41, 5.74) is 0.366. The van der Waals surface area contributed by atoms with Crippen LogP contribution in [0.1, 0.15) is 32.5 Å². The van der Waals surface area contributed by atoms with Gasteiger partial charge in [0, 0.05) is 24.1 Å². The van der Waals surface area contributed by atoms with E-state index >= 15 is 0 Å². The first-order chi connectivity index (χ1) is 7.58. The molecule has 1 aliphatic heterocycles. The second kappa shape index (κ2) is 4.67. The van der Waals surface area contributed by atoms with Crippen LogP contribution < -0.4 is 10.6 Å². The Morgan fingerprint density at radius 2 is 2.38 bits per heavy atom. The summed E-state index contributed by atoms with van der Waals surface area (Å²) in [7, 11) is 0. The molecule has 0 saturated carbocycles. The number of rotatable bonds is 3. The smallest absolute Gasteiger partial charge is 0.202 e. The van der Waals surface area contributed by atoms with E-state index in [1.807, 2.05) is 6.92 Å². The van der Waals surface area contributed by atoms with Crippen LogP contribution in [-0.4, -0.2) is 28.5 Å². The lowest BCUT2D eigenvalue weighted by Crippen LogP contribution is -2.50. The van der Waals surface area contributed by atoms with Gasteiger partial charge in [-0.1, -0.05) is 13.8 Å². The first-order valence-electron chi connectivity index (χ1n) is 5.85. The third-order valence-electron chi connectivity index (χ3n) is 3.32. The maximum absolute atomic E-state index is 4.31. The zero-order valence-electron chi connectivity index (χ0n) is 10.2. The SMILES string of the molecule is Cc1nsc(NCC2NCCCC2(C)C)n1. The van der Waals surface area contributed by atoms with Crippen LogP contribution in [0.5, 0.6) is 0 Å². The van der Waals surface area contributed by atoms with Crippen LogP contribution in [0.3, 0.4) is 0 Å². The minimum atomic E-state index is 0.366. The number of nitrogens with one attached hydrogen (secondary N) is 2. The minimum Gasteiger partial charge on any atom is -0.359 e. The van der Waals surface area contributed by atoms with Crippen molar-refractivity contribution in [3.8, 4) is 0 Å². The fraction of sp³-hybridized carbons (Fsp3) is 0.818. The van der Waals surface area contributed by atoms with Crippen molar-refractivity contribution in [3.63, 3.8) is 0 Å². The molecule has 2 heterocycles. The first kappa shape index (κ1) is 11.8. The summed E-state index contributed by atoms with van der Waals surface area (Å²) in [5.74, 6) is 0.850. The van der Waals surface area contributed by atoms with Crippen molar-refractivity contribution in [2.24, 2.45) is 5.41 Å². The molecule has 0 amide bonds. The highest BCUT2D eigenvalue weighted by molar-refractivity contribution is 7.09. The van der Waals surface area contributed by atoms with Crippen molar-refractivity contribution >= 4 is 16.7 Å². The van der Waals surface area contributed by atoms with E-state index in [9.17, 15) is 0 Å². The van der Waals surface area contributed by atoms with Crippen LogP contribution in [0.4, 0.5) is 5.13 Å². The fourth-order valence-electron chi connectivity index (χ4n) is 2.18. The van der Waals surface area contributed by atoms with Crippen LogP contribution in [0, 0.1) is 12.3 Å². The van der Waals surface area contributed by atoms with Crippen LogP contribution >= 0.6 is 11.5 Å². The van der Waals surface area contributed by atoms with Gasteiger partial charge in [0.25, 0.3) is 0 Å². The molecule has 1 atom stereocenters.